The van der Waals surface area contributed by atoms with Crippen molar-refractivity contribution in [2.24, 2.45) is 4.99 Å². The van der Waals surface area contributed by atoms with Crippen LogP contribution in [0.3, 0.4) is 0 Å². The highest BCUT2D eigenvalue weighted by Gasteiger charge is 2.30. The van der Waals surface area contributed by atoms with Gasteiger partial charge in [0.25, 0.3) is 0 Å². The van der Waals surface area contributed by atoms with E-state index >= 15 is 0 Å². The summed E-state index contributed by atoms with van der Waals surface area (Å²) in [5.74, 6) is -0.892. The van der Waals surface area contributed by atoms with Gasteiger partial charge in [-0.05, 0) is 6.42 Å². The number of carbonyl (C=O) groups is 1. The number of rotatable bonds is 1. The van der Waals surface area contributed by atoms with E-state index in [9.17, 15) is 4.79 Å². The molecular formula is C8H10N2O2. The molecular weight excluding hydrogens is 156 g/mol. The number of carboxylic acids is 1. The van der Waals surface area contributed by atoms with Crippen molar-refractivity contribution in [1.29, 1.82) is 0 Å². The van der Waals surface area contributed by atoms with E-state index in [1.54, 1.807) is 0 Å². The van der Waals surface area contributed by atoms with E-state index in [-0.39, 0.29) is 6.04 Å². The molecule has 0 amide bonds. The Bertz CT molecular complexity index is 270. The maximum atomic E-state index is 10.6. The Labute approximate surface area is 70.0 Å². The highest BCUT2D eigenvalue weighted by Crippen LogP contribution is 2.15. The molecule has 2 atom stereocenters. The molecule has 0 aromatic carbocycles. The first kappa shape index (κ1) is 7.49. The van der Waals surface area contributed by atoms with Gasteiger partial charge in [0.2, 0.25) is 0 Å². The normalized spacial score (nSPS) is 32.8. The van der Waals surface area contributed by atoms with E-state index < -0.39 is 12.1 Å². The Morgan fingerprint density at radius 2 is 2.50 bits per heavy atom. The predicted octanol–water partition coefficient (Wildman–Crippen LogP) is 0.160. The molecule has 0 unspecified atom stereocenters. The zero-order valence-electron chi connectivity index (χ0n) is 6.53. The average molecular weight is 166 g/mol. The van der Waals surface area contributed by atoms with Crippen molar-refractivity contribution in [3.05, 3.63) is 12.2 Å². The third-order valence-electron chi connectivity index (χ3n) is 2.16. The summed E-state index contributed by atoms with van der Waals surface area (Å²) in [4.78, 5) is 14.6. The number of carboxylic acid groups (broad SMARTS) is 1. The van der Waals surface area contributed by atoms with Crippen LogP contribution in [0.2, 0.25) is 0 Å². The van der Waals surface area contributed by atoms with Crippen molar-refractivity contribution < 1.29 is 9.90 Å². The second-order valence-electron chi connectivity index (χ2n) is 2.99. The molecule has 0 saturated carbocycles. The summed E-state index contributed by atoms with van der Waals surface area (Å²) < 4.78 is 0. The molecule has 1 aliphatic heterocycles. The van der Waals surface area contributed by atoms with Crippen molar-refractivity contribution in [3.8, 4) is 0 Å². The molecule has 0 aromatic heterocycles. The lowest BCUT2D eigenvalue weighted by atomic mass is 10.0. The van der Waals surface area contributed by atoms with Crippen LogP contribution in [0.5, 0.6) is 0 Å². The highest BCUT2D eigenvalue weighted by molar-refractivity contribution is 5.96. The molecule has 2 rings (SSSR count). The molecule has 0 bridgehead atoms. The van der Waals surface area contributed by atoms with Gasteiger partial charge in [0.15, 0.2) is 6.17 Å². The zero-order chi connectivity index (χ0) is 8.55. The minimum atomic E-state index is -0.892. The van der Waals surface area contributed by atoms with Gasteiger partial charge in [-0.2, -0.15) is 0 Å². The summed E-state index contributed by atoms with van der Waals surface area (Å²) >= 11 is 0. The zero-order valence-corrected chi connectivity index (χ0v) is 6.53. The van der Waals surface area contributed by atoms with E-state index in [0.717, 1.165) is 18.6 Å². The van der Waals surface area contributed by atoms with Crippen molar-refractivity contribution in [3.63, 3.8) is 0 Å². The largest absolute Gasteiger partial charge is 0.479 e. The van der Waals surface area contributed by atoms with Crippen molar-refractivity contribution in [2.75, 3.05) is 0 Å². The van der Waals surface area contributed by atoms with Crippen LogP contribution in [0.4, 0.5) is 0 Å². The summed E-state index contributed by atoms with van der Waals surface area (Å²) in [7, 11) is 0. The number of nitrogens with zero attached hydrogens (tertiary/aromatic N) is 1. The number of allylic oxidation sites excluding steroid dienone is 1. The van der Waals surface area contributed by atoms with Crippen molar-refractivity contribution in [2.45, 2.75) is 25.0 Å². The Kier molecular flexibility index (Phi) is 1.69. The fraction of sp³-hybridized carbons (Fsp3) is 0.500. The van der Waals surface area contributed by atoms with Gasteiger partial charge < -0.3 is 5.11 Å². The Balaban J connectivity index is 2.14. The predicted molar refractivity (Wildman–Crippen MR) is 44.2 cm³/mol. The summed E-state index contributed by atoms with van der Waals surface area (Å²) in [5.41, 5.74) is 0.977. The number of hydrogen-bond acceptors (Lipinski definition) is 3. The molecule has 4 nitrogen and oxygen atoms in total. The number of nitrogens with one attached hydrogen (secondary N) is 1. The lowest BCUT2D eigenvalue weighted by Crippen LogP contribution is -2.38. The summed E-state index contributed by atoms with van der Waals surface area (Å²) in [6, 6.07) is 0.163. The maximum Gasteiger partial charge on any atom is 0.343 e. The van der Waals surface area contributed by atoms with E-state index in [2.05, 4.69) is 16.4 Å². The quantitative estimate of drug-likeness (QED) is 0.545. The minimum Gasteiger partial charge on any atom is -0.479 e. The minimum absolute atomic E-state index is 0.163. The van der Waals surface area contributed by atoms with Crippen LogP contribution in [0.25, 0.3) is 0 Å². The second-order valence-corrected chi connectivity index (χ2v) is 2.99. The Morgan fingerprint density at radius 1 is 1.67 bits per heavy atom. The van der Waals surface area contributed by atoms with Gasteiger partial charge in [-0.15, -0.1) is 0 Å². The molecule has 0 radical (unpaired) electrons. The van der Waals surface area contributed by atoms with Gasteiger partial charge in [-0.25, -0.2) is 4.79 Å². The van der Waals surface area contributed by atoms with Gasteiger partial charge >= 0.3 is 5.97 Å². The van der Waals surface area contributed by atoms with E-state index in [1.807, 2.05) is 6.08 Å². The number of hydrogen-bond donors (Lipinski definition) is 2. The fourth-order valence-electron chi connectivity index (χ4n) is 1.54. The molecule has 1 aliphatic carbocycles. The lowest BCUT2D eigenvalue weighted by molar-refractivity contribution is -0.139. The molecule has 1 heterocycles. The van der Waals surface area contributed by atoms with Gasteiger partial charge in [0, 0.05) is 12.1 Å². The lowest BCUT2D eigenvalue weighted by Gasteiger charge is -2.14. The fourth-order valence-corrected chi connectivity index (χ4v) is 1.54. The molecule has 12 heavy (non-hydrogen) atoms. The third-order valence-corrected chi connectivity index (χ3v) is 2.16. The molecule has 0 spiro atoms. The third kappa shape index (κ3) is 1.14. The summed E-state index contributed by atoms with van der Waals surface area (Å²) in [6.07, 6.45) is 5.02. The van der Waals surface area contributed by atoms with Gasteiger partial charge in [0.1, 0.15) is 0 Å². The van der Waals surface area contributed by atoms with Crippen LogP contribution >= 0.6 is 0 Å². The monoisotopic (exact) mass is 166 g/mol. The van der Waals surface area contributed by atoms with Gasteiger partial charge in [-0.1, -0.05) is 12.2 Å². The highest BCUT2D eigenvalue weighted by atomic mass is 16.4. The van der Waals surface area contributed by atoms with Crippen molar-refractivity contribution in [1.82, 2.24) is 5.32 Å². The number of aliphatic carboxylic acids is 1. The standard InChI is InChI=1S/C8H10N2O2/c11-8(12)7-9-5-3-1-2-4-6(5)10-7/h1-2,5,7,9H,3-4H2,(H,11,12)/t5-,7+/m0/s1. The molecule has 2 N–H and O–H groups in total. The topological polar surface area (TPSA) is 61.7 Å². The van der Waals surface area contributed by atoms with Crippen LogP contribution < -0.4 is 5.32 Å². The smallest absolute Gasteiger partial charge is 0.343 e. The van der Waals surface area contributed by atoms with Crippen LogP contribution in [0, 0.1) is 0 Å². The SMILES string of the molecule is O=C(O)[C@H]1N=C2CC=CC[C@@H]2N1. The maximum absolute atomic E-state index is 10.6. The van der Waals surface area contributed by atoms with Gasteiger partial charge in [-0.3, -0.25) is 10.3 Å². The molecule has 0 fully saturated rings. The molecule has 0 aromatic rings. The summed E-state index contributed by atoms with van der Waals surface area (Å²) in [5, 5.41) is 11.6. The average Bonchev–Trinajstić information content (AvgIpc) is 2.46. The molecule has 2 aliphatic rings. The Morgan fingerprint density at radius 3 is 3.17 bits per heavy atom. The first-order chi connectivity index (χ1) is 5.77. The Hall–Kier alpha value is -1.16. The second kappa shape index (κ2) is 2.71. The summed E-state index contributed by atoms with van der Waals surface area (Å²) in [6.45, 7) is 0. The number of fused-ring (bicyclic) bond motifs is 1. The first-order valence-corrected chi connectivity index (χ1v) is 3.98. The van der Waals surface area contributed by atoms with E-state index in [4.69, 9.17) is 5.11 Å². The van der Waals surface area contributed by atoms with E-state index in [1.165, 1.54) is 0 Å². The molecule has 4 heteroatoms. The number of aliphatic imine (C=N–C) groups is 1. The van der Waals surface area contributed by atoms with Crippen LogP contribution in [0.15, 0.2) is 17.1 Å². The molecule has 64 valence electrons. The first-order valence-electron chi connectivity index (χ1n) is 3.98. The van der Waals surface area contributed by atoms with Gasteiger partial charge in [0.05, 0.1) is 6.04 Å². The van der Waals surface area contributed by atoms with Crippen LogP contribution in [0.1, 0.15) is 12.8 Å². The molecule has 0 saturated heterocycles. The van der Waals surface area contributed by atoms with E-state index in [0.29, 0.717) is 0 Å². The van der Waals surface area contributed by atoms with Crippen molar-refractivity contribution >= 4 is 11.7 Å². The van der Waals surface area contributed by atoms with Crippen LogP contribution in [-0.4, -0.2) is 29.0 Å². The van der Waals surface area contributed by atoms with Crippen LogP contribution in [-0.2, 0) is 4.79 Å².